The minimum absolute atomic E-state index is 1.12. The molecule has 2 heteroatoms. The summed E-state index contributed by atoms with van der Waals surface area (Å²) in [5, 5.41) is 4.98. The van der Waals surface area contributed by atoms with Gasteiger partial charge in [0.2, 0.25) is 0 Å². The molecule has 54 heavy (non-hydrogen) atoms. The Morgan fingerprint density at radius 1 is 0.278 bits per heavy atom. The van der Waals surface area contributed by atoms with E-state index in [1.165, 1.54) is 38.4 Å². The Morgan fingerprint density at radius 2 is 0.648 bits per heavy atom. The summed E-state index contributed by atoms with van der Waals surface area (Å²) >= 11 is 0. The first-order chi connectivity index (χ1) is 26.8. The number of benzene rings is 9. The zero-order valence-corrected chi connectivity index (χ0v) is 29.8. The van der Waals surface area contributed by atoms with E-state index < -0.39 is 0 Å². The van der Waals surface area contributed by atoms with Crippen molar-refractivity contribution >= 4 is 67.8 Å². The van der Waals surface area contributed by atoms with E-state index in [-0.39, 0.29) is 0 Å². The van der Waals surface area contributed by atoms with E-state index in [4.69, 9.17) is 0 Å². The number of rotatable bonds is 9. The Balaban J connectivity index is 0.961. The van der Waals surface area contributed by atoms with Gasteiger partial charge < -0.3 is 9.80 Å². The summed E-state index contributed by atoms with van der Waals surface area (Å²) < 4.78 is 0. The van der Waals surface area contributed by atoms with E-state index in [2.05, 4.69) is 240 Å². The molecular weight excluding hydrogens is 653 g/mol. The van der Waals surface area contributed by atoms with Gasteiger partial charge in [0, 0.05) is 33.8 Å². The van der Waals surface area contributed by atoms with Crippen LogP contribution in [0.25, 0.3) is 44.8 Å². The Morgan fingerprint density at radius 3 is 1.20 bits per heavy atom. The molecule has 0 unspecified atom stereocenters. The van der Waals surface area contributed by atoms with Crippen molar-refractivity contribution in [2.24, 2.45) is 0 Å². The number of para-hydroxylation sites is 3. The van der Waals surface area contributed by atoms with Crippen molar-refractivity contribution in [1.29, 1.82) is 0 Å². The third-order valence-corrected chi connectivity index (χ3v) is 10.0. The van der Waals surface area contributed by atoms with E-state index >= 15 is 0 Å². The summed E-state index contributed by atoms with van der Waals surface area (Å²) in [5.41, 5.74) is 11.5. The third-order valence-electron chi connectivity index (χ3n) is 10.0. The van der Waals surface area contributed by atoms with Gasteiger partial charge in [-0.05, 0) is 105 Å². The zero-order valence-electron chi connectivity index (χ0n) is 29.8. The molecule has 2 nitrogen and oxygen atoms in total. The predicted molar refractivity (Wildman–Crippen MR) is 232 cm³/mol. The highest BCUT2D eigenvalue weighted by molar-refractivity contribution is 6.14. The van der Waals surface area contributed by atoms with Crippen molar-refractivity contribution in [3.05, 3.63) is 230 Å². The van der Waals surface area contributed by atoms with Gasteiger partial charge in [0.25, 0.3) is 0 Å². The van der Waals surface area contributed by atoms with Crippen LogP contribution < -0.4 is 9.80 Å². The molecule has 0 aliphatic carbocycles. The largest absolute Gasteiger partial charge is 0.311 e. The molecule has 256 valence electrons. The Labute approximate surface area is 317 Å². The van der Waals surface area contributed by atoms with Gasteiger partial charge >= 0.3 is 0 Å². The standard InChI is InChI=1S/C52H38N2/c1-4-15-44(16-5-1)53(45-17-6-2-7-18-45)47-34-28-40(29-35-47)25-24-39-26-30-41(31-27-39)42-32-36-48(37-33-42)54(46-19-8-3-9-20-46)52-38-43-14-10-11-21-49(43)50-22-12-13-23-51(50)52/h1-38H/b25-24+. The number of hydrogen-bond donors (Lipinski definition) is 0. The maximum absolute atomic E-state index is 2.37. The molecule has 0 N–H and O–H groups in total. The Kier molecular flexibility index (Phi) is 8.99. The molecule has 0 saturated carbocycles. The second-order valence-corrected chi connectivity index (χ2v) is 13.4. The molecule has 0 amide bonds. The molecule has 0 radical (unpaired) electrons. The fourth-order valence-corrected chi connectivity index (χ4v) is 7.34. The van der Waals surface area contributed by atoms with Crippen LogP contribution in [-0.4, -0.2) is 0 Å². The van der Waals surface area contributed by atoms with Crippen molar-refractivity contribution in [2.45, 2.75) is 0 Å². The average molecular weight is 691 g/mol. The SMILES string of the molecule is C(=C\c1ccc(N(c2ccccc2)c2ccccc2)cc1)/c1ccc(-c2ccc(N(c3ccccc3)c3cc4ccccc4c4ccccc34)cc2)cc1. The van der Waals surface area contributed by atoms with Gasteiger partial charge in [-0.25, -0.2) is 0 Å². The van der Waals surface area contributed by atoms with Crippen LogP contribution in [0.3, 0.4) is 0 Å². The van der Waals surface area contributed by atoms with Crippen molar-refractivity contribution < 1.29 is 0 Å². The highest BCUT2D eigenvalue weighted by Gasteiger charge is 2.17. The molecule has 0 heterocycles. The van der Waals surface area contributed by atoms with Gasteiger partial charge in [0.15, 0.2) is 0 Å². The lowest BCUT2D eigenvalue weighted by Gasteiger charge is -2.27. The fraction of sp³-hybridized carbons (Fsp3) is 0. The molecule has 0 saturated heterocycles. The van der Waals surface area contributed by atoms with Crippen LogP contribution in [-0.2, 0) is 0 Å². The number of hydrogen-bond acceptors (Lipinski definition) is 2. The summed E-state index contributed by atoms with van der Waals surface area (Å²) in [6, 6.07) is 77.9. The third kappa shape index (κ3) is 6.65. The van der Waals surface area contributed by atoms with Gasteiger partial charge in [0.1, 0.15) is 0 Å². The first-order valence-corrected chi connectivity index (χ1v) is 18.4. The second-order valence-electron chi connectivity index (χ2n) is 13.4. The number of anilines is 6. The second kappa shape index (κ2) is 14.8. The minimum atomic E-state index is 1.12. The van der Waals surface area contributed by atoms with Gasteiger partial charge in [-0.1, -0.05) is 164 Å². The molecule has 9 aromatic rings. The molecule has 9 rings (SSSR count). The molecule has 0 aromatic heterocycles. The quantitative estimate of drug-likeness (QED) is 0.110. The van der Waals surface area contributed by atoms with E-state index in [0.29, 0.717) is 0 Å². The van der Waals surface area contributed by atoms with Crippen LogP contribution in [0.4, 0.5) is 34.1 Å². The summed E-state index contributed by atoms with van der Waals surface area (Å²) in [6.45, 7) is 0. The van der Waals surface area contributed by atoms with Crippen LogP contribution >= 0.6 is 0 Å². The number of nitrogens with zero attached hydrogens (tertiary/aromatic N) is 2. The highest BCUT2D eigenvalue weighted by atomic mass is 15.1. The van der Waals surface area contributed by atoms with Crippen LogP contribution in [0, 0.1) is 0 Å². The topological polar surface area (TPSA) is 6.48 Å². The molecule has 0 fully saturated rings. The molecule has 0 atom stereocenters. The van der Waals surface area contributed by atoms with Crippen LogP contribution in [0.5, 0.6) is 0 Å². The summed E-state index contributed by atoms with van der Waals surface area (Å²) in [4.78, 5) is 4.66. The number of fused-ring (bicyclic) bond motifs is 3. The smallest absolute Gasteiger partial charge is 0.0546 e. The van der Waals surface area contributed by atoms with Gasteiger partial charge in [-0.3, -0.25) is 0 Å². The molecule has 9 aromatic carbocycles. The monoisotopic (exact) mass is 690 g/mol. The molecule has 0 aliphatic rings. The Bertz CT molecular complexity index is 2630. The van der Waals surface area contributed by atoms with Crippen LogP contribution in [0.15, 0.2) is 218 Å². The van der Waals surface area contributed by atoms with E-state index in [0.717, 1.165) is 39.6 Å². The lowest BCUT2D eigenvalue weighted by Crippen LogP contribution is -2.10. The van der Waals surface area contributed by atoms with E-state index in [9.17, 15) is 0 Å². The maximum atomic E-state index is 2.37. The van der Waals surface area contributed by atoms with Crippen molar-refractivity contribution in [2.75, 3.05) is 9.80 Å². The van der Waals surface area contributed by atoms with E-state index in [1.54, 1.807) is 0 Å². The van der Waals surface area contributed by atoms with E-state index in [1.807, 2.05) is 0 Å². The summed E-state index contributed by atoms with van der Waals surface area (Å²) in [5.74, 6) is 0. The summed E-state index contributed by atoms with van der Waals surface area (Å²) in [6.07, 6.45) is 4.36. The van der Waals surface area contributed by atoms with Gasteiger partial charge in [0.05, 0.1) is 5.69 Å². The maximum Gasteiger partial charge on any atom is 0.0546 e. The lowest BCUT2D eigenvalue weighted by molar-refractivity contribution is 1.28. The summed E-state index contributed by atoms with van der Waals surface area (Å²) in [7, 11) is 0. The first-order valence-electron chi connectivity index (χ1n) is 18.4. The normalized spacial score (nSPS) is 11.3. The highest BCUT2D eigenvalue weighted by Crippen LogP contribution is 2.42. The molecule has 0 bridgehead atoms. The molecular formula is C52H38N2. The average Bonchev–Trinajstić information content (AvgIpc) is 3.25. The molecule has 0 spiro atoms. The predicted octanol–water partition coefficient (Wildman–Crippen LogP) is 14.8. The van der Waals surface area contributed by atoms with Crippen LogP contribution in [0.1, 0.15) is 11.1 Å². The Hall–Kier alpha value is -7.16. The van der Waals surface area contributed by atoms with Crippen molar-refractivity contribution in [3.63, 3.8) is 0 Å². The minimum Gasteiger partial charge on any atom is -0.311 e. The van der Waals surface area contributed by atoms with Crippen molar-refractivity contribution in [1.82, 2.24) is 0 Å². The first kappa shape index (κ1) is 32.7. The zero-order chi connectivity index (χ0) is 36.1. The van der Waals surface area contributed by atoms with Gasteiger partial charge in [-0.2, -0.15) is 0 Å². The van der Waals surface area contributed by atoms with Crippen LogP contribution in [0.2, 0.25) is 0 Å². The van der Waals surface area contributed by atoms with Gasteiger partial charge in [-0.15, -0.1) is 0 Å². The fourth-order valence-electron chi connectivity index (χ4n) is 7.34. The lowest BCUT2D eigenvalue weighted by atomic mass is 9.98. The van der Waals surface area contributed by atoms with Crippen molar-refractivity contribution in [3.8, 4) is 11.1 Å². The molecule has 0 aliphatic heterocycles.